The molecule has 0 fully saturated rings. The molecule has 0 heterocycles. The van der Waals surface area contributed by atoms with E-state index in [1.165, 1.54) is 0 Å². The Morgan fingerprint density at radius 1 is 1.06 bits per heavy atom. The van der Waals surface area contributed by atoms with Gasteiger partial charge in [0.05, 0.1) is 27.9 Å². The first-order valence-electron chi connectivity index (χ1n) is 5.57. The third-order valence-corrected chi connectivity index (χ3v) is 2.61. The van der Waals surface area contributed by atoms with Gasteiger partial charge in [0.15, 0.2) is 11.5 Å². The Bertz CT molecular complexity index is 406. The van der Waals surface area contributed by atoms with Crippen molar-refractivity contribution < 1.29 is 19.0 Å². The highest BCUT2D eigenvalue weighted by atomic mass is 16.5. The molecule has 0 aliphatic carbocycles. The molecular formula is C13H19NO4. The first-order valence-corrected chi connectivity index (χ1v) is 5.57. The Hall–Kier alpha value is -1.75. The van der Waals surface area contributed by atoms with Gasteiger partial charge in [0, 0.05) is 18.2 Å². The largest absolute Gasteiger partial charge is 0.496 e. The zero-order valence-electron chi connectivity index (χ0n) is 11.2. The normalized spacial score (nSPS) is 10.3. The lowest BCUT2D eigenvalue weighted by Gasteiger charge is -2.18. The van der Waals surface area contributed by atoms with Crippen molar-refractivity contribution in [3.63, 3.8) is 0 Å². The molecule has 1 rings (SSSR count). The second kappa shape index (κ2) is 6.86. The first-order chi connectivity index (χ1) is 8.65. The van der Waals surface area contributed by atoms with Gasteiger partial charge in [0.25, 0.3) is 0 Å². The van der Waals surface area contributed by atoms with Gasteiger partial charge in [-0.3, -0.25) is 4.90 Å². The topological polar surface area (TPSA) is 48.0 Å². The van der Waals surface area contributed by atoms with E-state index in [0.717, 1.165) is 11.8 Å². The summed E-state index contributed by atoms with van der Waals surface area (Å²) >= 11 is 0. The summed E-state index contributed by atoms with van der Waals surface area (Å²) in [5, 5.41) is 0. The maximum Gasteiger partial charge on any atom is 0.164 e. The third-order valence-electron chi connectivity index (χ3n) is 2.61. The van der Waals surface area contributed by atoms with Crippen LogP contribution in [0.1, 0.15) is 5.56 Å². The fraction of sp³-hybridized carbons (Fsp3) is 0.462. The van der Waals surface area contributed by atoms with Crippen LogP contribution in [0.4, 0.5) is 0 Å². The van der Waals surface area contributed by atoms with E-state index in [-0.39, 0.29) is 0 Å². The highest BCUT2D eigenvalue weighted by Crippen LogP contribution is 2.34. The number of nitrogens with zero attached hydrogens (tertiary/aromatic N) is 1. The maximum atomic E-state index is 10.5. The Balaban J connectivity index is 3.05. The van der Waals surface area contributed by atoms with Crippen LogP contribution in [0.15, 0.2) is 12.1 Å². The van der Waals surface area contributed by atoms with Gasteiger partial charge >= 0.3 is 0 Å². The number of likely N-dealkylation sites (N-methyl/N-ethyl adjacent to an activating group) is 1. The van der Waals surface area contributed by atoms with Crippen molar-refractivity contribution in [3.05, 3.63) is 17.7 Å². The number of methoxy groups -OCH3 is 3. The molecule has 0 saturated carbocycles. The predicted octanol–water partition coefficient (Wildman–Crippen LogP) is 1.34. The van der Waals surface area contributed by atoms with E-state index in [1.54, 1.807) is 27.4 Å². The lowest BCUT2D eigenvalue weighted by atomic mass is 10.1. The smallest absolute Gasteiger partial charge is 0.164 e. The van der Waals surface area contributed by atoms with Gasteiger partial charge in [-0.25, -0.2) is 0 Å². The summed E-state index contributed by atoms with van der Waals surface area (Å²) in [6.45, 7) is 0.972. The molecule has 0 unspecified atom stereocenters. The van der Waals surface area contributed by atoms with Crippen LogP contribution < -0.4 is 14.2 Å². The summed E-state index contributed by atoms with van der Waals surface area (Å²) in [6.07, 6.45) is 0.868. The van der Waals surface area contributed by atoms with Crippen LogP contribution in [0.3, 0.4) is 0 Å². The molecular weight excluding hydrogens is 234 g/mol. The van der Waals surface area contributed by atoms with E-state index in [9.17, 15) is 4.79 Å². The molecule has 100 valence electrons. The molecule has 0 spiro atoms. The fourth-order valence-corrected chi connectivity index (χ4v) is 1.70. The van der Waals surface area contributed by atoms with E-state index in [0.29, 0.717) is 30.3 Å². The minimum Gasteiger partial charge on any atom is -0.496 e. The standard InChI is InChI=1S/C13H19NO4/c1-14(5-6-15)9-10-7-12(17-3)13(18-4)8-11(10)16-2/h6-8H,5,9H2,1-4H3. The molecule has 0 aromatic heterocycles. The van der Waals surface area contributed by atoms with Gasteiger partial charge in [-0.2, -0.15) is 0 Å². The molecule has 0 amide bonds. The van der Waals surface area contributed by atoms with Crippen molar-refractivity contribution in [1.82, 2.24) is 4.90 Å². The van der Waals surface area contributed by atoms with Crippen molar-refractivity contribution in [2.75, 3.05) is 34.9 Å². The molecule has 18 heavy (non-hydrogen) atoms. The van der Waals surface area contributed by atoms with Crippen LogP contribution in [0.2, 0.25) is 0 Å². The quantitative estimate of drug-likeness (QED) is 0.686. The van der Waals surface area contributed by atoms with Crippen LogP contribution in [0.5, 0.6) is 17.2 Å². The van der Waals surface area contributed by atoms with Crippen LogP contribution in [0, 0.1) is 0 Å². The zero-order valence-corrected chi connectivity index (χ0v) is 11.2. The first kappa shape index (κ1) is 14.3. The molecule has 0 atom stereocenters. The lowest BCUT2D eigenvalue weighted by Crippen LogP contribution is -2.20. The van der Waals surface area contributed by atoms with Gasteiger partial charge in [0.2, 0.25) is 0 Å². The Kier molecular flexibility index (Phi) is 5.45. The minimum absolute atomic E-state index is 0.373. The molecule has 0 aliphatic rings. The van der Waals surface area contributed by atoms with E-state index >= 15 is 0 Å². The molecule has 1 aromatic rings. The second-order valence-electron chi connectivity index (χ2n) is 3.88. The van der Waals surface area contributed by atoms with Crippen molar-refractivity contribution in [3.8, 4) is 17.2 Å². The Morgan fingerprint density at radius 3 is 2.11 bits per heavy atom. The lowest BCUT2D eigenvalue weighted by molar-refractivity contribution is -0.108. The van der Waals surface area contributed by atoms with E-state index in [1.807, 2.05) is 18.0 Å². The number of hydrogen-bond acceptors (Lipinski definition) is 5. The monoisotopic (exact) mass is 253 g/mol. The summed E-state index contributed by atoms with van der Waals surface area (Å²) in [7, 11) is 6.63. The Morgan fingerprint density at radius 2 is 1.61 bits per heavy atom. The van der Waals surface area contributed by atoms with E-state index < -0.39 is 0 Å². The SMILES string of the molecule is COc1cc(OC)c(OC)cc1CN(C)CC=O. The number of aldehydes is 1. The van der Waals surface area contributed by atoms with Gasteiger partial charge in [-0.1, -0.05) is 0 Å². The van der Waals surface area contributed by atoms with E-state index in [4.69, 9.17) is 14.2 Å². The van der Waals surface area contributed by atoms with Gasteiger partial charge in [-0.05, 0) is 13.1 Å². The number of hydrogen-bond donors (Lipinski definition) is 0. The zero-order chi connectivity index (χ0) is 13.5. The number of benzene rings is 1. The van der Waals surface area contributed by atoms with Crippen LogP contribution >= 0.6 is 0 Å². The fourth-order valence-electron chi connectivity index (χ4n) is 1.70. The van der Waals surface area contributed by atoms with Crippen LogP contribution in [-0.2, 0) is 11.3 Å². The molecule has 0 radical (unpaired) electrons. The highest BCUT2D eigenvalue weighted by Gasteiger charge is 2.13. The second-order valence-corrected chi connectivity index (χ2v) is 3.88. The summed E-state index contributed by atoms with van der Waals surface area (Å²) in [5.74, 6) is 1.98. The molecule has 5 nitrogen and oxygen atoms in total. The Labute approximate surface area is 107 Å². The molecule has 1 aromatic carbocycles. The van der Waals surface area contributed by atoms with Crippen molar-refractivity contribution in [2.45, 2.75) is 6.54 Å². The number of ether oxygens (including phenoxy) is 3. The summed E-state index contributed by atoms with van der Waals surface area (Å²) in [5.41, 5.74) is 0.944. The molecule has 0 aliphatic heterocycles. The van der Waals surface area contributed by atoms with Gasteiger partial charge in [0.1, 0.15) is 12.0 Å². The summed E-state index contributed by atoms with van der Waals surface area (Å²) in [6, 6.07) is 3.64. The number of carbonyl (C=O) groups excluding carboxylic acids is 1. The average molecular weight is 253 g/mol. The van der Waals surface area contributed by atoms with Crippen molar-refractivity contribution in [1.29, 1.82) is 0 Å². The van der Waals surface area contributed by atoms with Gasteiger partial charge < -0.3 is 19.0 Å². The minimum atomic E-state index is 0.373. The molecule has 0 N–H and O–H groups in total. The van der Waals surface area contributed by atoms with Crippen LogP contribution in [0.25, 0.3) is 0 Å². The highest BCUT2D eigenvalue weighted by molar-refractivity contribution is 5.53. The summed E-state index contributed by atoms with van der Waals surface area (Å²) in [4.78, 5) is 12.4. The van der Waals surface area contributed by atoms with Crippen molar-refractivity contribution in [2.24, 2.45) is 0 Å². The van der Waals surface area contributed by atoms with Crippen LogP contribution in [-0.4, -0.2) is 46.1 Å². The number of carbonyl (C=O) groups is 1. The van der Waals surface area contributed by atoms with Crippen molar-refractivity contribution >= 4 is 6.29 Å². The summed E-state index contributed by atoms with van der Waals surface area (Å²) < 4.78 is 15.8. The predicted molar refractivity (Wildman–Crippen MR) is 68.5 cm³/mol. The molecule has 0 saturated heterocycles. The average Bonchev–Trinajstić information content (AvgIpc) is 2.38. The maximum absolute atomic E-state index is 10.5. The third kappa shape index (κ3) is 3.37. The number of rotatable bonds is 7. The molecule has 5 heteroatoms. The molecule has 0 bridgehead atoms. The van der Waals surface area contributed by atoms with E-state index in [2.05, 4.69) is 0 Å². The van der Waals surface area contributed by atoms with Gasteiger partial charge in [-0.15, -0.1) is 0 Å².